The SMILES string of the molecule is COc1ccc2c(c1)c(CN1CCN(C)CC1)cn2S(=O)(=O)c1ccc(C(C)C)cc1.Cl.Cl. The number of nitrogens with zero attached hydrogens (tertiary/aromatic N) is 3. The van der Waals surface area contributed by atoms with Gasteiger partial charge in [0.15, 0.2) is 0 Å². The first-order valence-corrected chi connectivity index (χ1v) is 12.2. The van der Waals surface area contributed by atoms with Gasteiger partial charge in [-0.2, -0.15) is 0 Å². The lowest BCUT2D eigenvalue weighted by atomic mass is 10.0. The van der Waals surface area contributed by atoms with E-state index in [1.165, 1.54) is 3.97 Å². The Morgan fingerprint density at radius 3 is 2.18 bits per heavy atom. The number of benzene rings is 2. The molecule has 9 heteroatoms. The molecule has 6 nitrogen and oxygen atoms in total. The van der Waals surface area contributed by atoms with Crippen molar-refractivity contribution >= 4 is 45.7 Å². The normalized spacial score (nSPS) is 15.3. The maximum atomic E-state index is 13.5. The zero-order valence-corrected chi connectivity index (χ0v) is 22.0. The summed E-state index contributed by atoms with van der Waals surface area (Å²) in [4.78, 5) is 4.99. The average Bonchev–Trinajstić information content (AvgIpc) is 3.13. The molecule has 1 aliphatic heterocycles. The molecule has 0 unspecified atom stereocenters. The van der Waals surface area contributed by atoms with E-state index in [2.05, 4.69) is 30.7 Å². The number of ether oxygens (including phenoxy) is 1. The Morgan fingerprint density at radius 2 is 1.61 bits per heavy atom. The molecule has 0 bridgehead atoms. The van der Waals surface area contributed by atoms with Crippen LogP contribution in [0.4, 0.5) is 0 Å². The fourth-order valence-electron chi connectivity index (χ4n) is 4.08. The zero-order valence-electron chi connectivity index (χ0n) is 19.5. The van der Waals surface area contributed by atoms with Gasteiger partial charge in [0.25, 0.3) is 10.0 Å². The monoisotopic (exact) mass is 513 g/mol. The Balaban J connectivity index is 0.00000193. The Kier molecular flexibility index (Phi) is 9.24. The molecule has 1 aliphatic rings. The van der Waals surface area contributed by atoms with Crippen molar-refractivity contribution in [2.24, 2.45) is 0 Å². The average molecular weight is 515 g/mol. The third-order valence-electron chi connectivity index (χ3n) is 6.15. The molecule has 0 radical (unpaired) electrons. The second-order valence-corrected chi connectivity index (χ2v) is 10.5. The molecule has 182 valence electrons. The Hall–Kier alpha value is -1.77. The molecular formula is C24H33Cl2N3O3S. The minimum absolute atomic E-state index is 0. The Bertz CT molecular complexity index is 1170. The van der Waals surface area contributed by atoms with Crippen LogP contribution in [0.1, 0.15) is 30.9 Å². The molecule has 1 saturated heterocycles. The molecule has 1 aromatic heterocycles. The standard InChI is InChI=1S/C24H31N3O3S.2ClH/c1-18(2)19-5-8-22(9-6-19)31(28,29)27-17-20(16-26-13-11-25(3)12-14-26)23-15-21(30-4)7-10-24(23)27;;/h5-10,15,17-18H,11-14,16H2,1-4H3;2*1H. The highest BCUT2D eigenvalue weighted by Crippen LogP contribution is 2.30. The van der Waals surface area contributed by atoms with Gasteiger partial charge in [0.1, 0.15) is 5.75 Å². The third kappa shape index (κ3) is 5.66. The first-order valence-electron chi connectivity index (χ1n) is 10.7. The number of rotatable bonds is 6. The van der Waals surface area contributed by atoms with Crippen molar-refractivity contribution in [3.63, 3.8) is 0 Å². The van der Waals surface area contributed by atoms with Crippen LogP contribution in [0.2, 0.25) is 0 Å². The smallest absolute Gasteiger partial charge is 0.268 e. The number of hydrogen-bond donors (Lipinski definition) is 0. The summed E-state index contributed by atoms with van der Waals surface area (Å²) in [5.41, 5.74) is 2.80. The summed E-state index contributed by atoms with van der Waals surface area (Å²) in [6, 6.07) is 12.8. The van der Waals surface area contributed by atoms with Crippen molar-refractivity contribution in [3.05, 3.63) is 59.8 Å². The summed E-state index contributed by atoms with van der Waals surface area (Å²) in [6.45, 7) is 8.88. The van der Waals surface area contributed by atoms with E-state index < -0.39 is 10.0 Å². The molecule has 0 spiro atoms. The van der Waals surface area contributed by atoms with Crippen LogP contribution >= 0.6 is 24.8 Å². The summed E-state index contributed by atoms with van der Waals surface area (Å²) in [7, 11) is 0.0532. The van der Waals surface area contributed by atoms with Crippen LogP contribution in [0.3, 0.4) is 0 Å². The predicted octanol–water partition coefficient (Wildman–Crippen LogP) is 4.60. The highest BCUT2D eigenvalue weighted by atomic mass is 35.5. The van der Waals surface area contributed by atoms with Gasteiger partial charge in [-0.1, -0.05) is 26.0 Å². The van der Waals surface area contributed by atoms with Gasteiger partial charge in [-0.15, -0.1) is 24.8 Å². The number of aromatic nitrogens is 1. The van der Waals surface area contributed by atoms with Crippen molar-refractivity contribution in [1.82, 2.24) is 13.8 Å². The minimum atomic E-state index is -3.71. The van der Waals surface area contributed by atoms with E-state index in [0.717, 1.165) is 48.4 Å². The topological polar surface area (TPSA) is 54.8 Å². The second-order valence-electron chi connectivity index (χ2n) is 8.64. The molecule has 0 aliphatic carbocycles. The van der Waals surface area contributed by atoms with Crippen LogP contribution < -0.4 is 4.74 Å². The van der Waals surface area contributed by atoms with Crippen molar-refractivity contribution in [2.45, 2.75) is 31.2 Å². The lowest BCUT2D eigenvalue weighted by Crippen LogP contribution is -2.43. The highest BCUT2D eigenvalue weighted by molar-refractivity contribution is 7.90. The highest BCUT2D eigenvalue weighted by Gasteiger charge is 2.23. The molecule has 4 rings (SSSR count). The van der Waals surface area contributed by atoms with Crippen LogP contribution in [-0.2, 0) is 16.6 Å². The van der Waals surface area contributed by atoms with Gasteiger partial charge in [0.2, 0.25) is 0 Å². The Labute approximate surface area is 209 Å². The second kappa shape index (κ2) is 11.1. The van der Waals surface area contributed by atoms with E-state index in [0.29, 0.717) is 22.9 Å². The van der Waals surface area contributed by atoms with E-state index in [1.807, 2.05) is 30.3 Å². The van der Waals surface area contributed by atoms with E-state index in [-0.39, 0.29) is 24.8 Å². The summed E-state index contributed by atoms with van der Waals surface area (Å²) in [5, 5.41) is 0.917. The van der Waals surface area contributed by atoms with Crippen LogP contribution in [-0.4, -0.2) is 62.5 Å². The predicted molar refractivity (Wildman–Crippen MR) is 139 cm³/mol. The largest absolute Gasteiger partial charge is 0.497 e. The van der Waals surface area contributed by atoms with Crippen LogP contribution in [0, 0.1) is 0 Å². The first-order chi connectivity index (χ1) is 14.8. The van der Waals surface area contributed by atoms with Gasteiger partial charge in [-0.3, -0.25) is 4.90 Å². The van der Waals surface area contributed by atoms with Crippen molar-refractivity contribution in [2.75, 3.05) is 40.3 Å². The molecule has 2 aromatic carbocycles. The van der Waals surface area contributed by atoms with E-state index in [9.17, 15) is 8.42 Å². The van der Waals surface area contributed by atoms with Gasteiger partial charge in [-0.25, -0.2) is 12.4 Å². The molecule has 0 atom stereocenters. The first kappa shape index (κ1) is 27.5. The summed E-state index contributed by atoms with van der Waals surface area (Å²) in [6.07, 6.45) is 1.79. The zero-order chi connectivity index (χ0) is 22.2. The molecule has 3 aromatic rings. The maximum Gasteiger partial charge on any atom is 0.268 e. The minimum Gasteiger partial charge on any atom is -0.497 e. The fourth-order valence-corrected chi connectivity index (χ4v) is 5.47. The number of hydrogen-bond acceptors (Lipinski definition) is 5. The van der Waals surface area contributed by atoms with Crippen LogP contribution in [0.25, 0.3) is 10.9 Å². The van der Waals surface area contributed by atoms with E-state index in [1.54, 1.807) is 25.4 Å². The number of likely N-dealkylation sites (N-methyl/N-ethyl adjacent to an activating group) is 1. The van der Waals surface area contributed by atoms with Gasteiger partial charge in [0, 0.05) is 44.3 Å². The quantitative estimate of drug-likeness (QED) is 0.481. The molecule has 0 N–H and O–H groups in total. The number of halogens is 2. The van der Waals surface area contributed by atoms with Crippen LogP contribution in [0.15, 0.2) is 53.6 Å². The van der Waals surface area contributed by atoms with Crippen molar-refractivity contribution in [1.29, 1.82) is 0 Å². The lowest BCUT2D eigenvalue weighted by Gasteiger charge is -2.32. The maximum absolute atomic E-state index is 13.5. The van der Waals surface area contributed by atoms with Gasteiger partial charge in [-0.05, 0) is 54.4 Å². The van der Waals surface area contributed by atoms with Gasteiger partial charge >= 0.3 is 0 Å². The van der Waals surface area contributed by atoms with Crippen molar-refractivity contribution in [3.8, 4) is 5.75 Å². The Morgan fingerprint density at radius 1 is 0.970 bits per heavy atom. The van der Waals surface area contributed by atoms with Gasteiger partial charge < -0.3 is 9.64 Å². The number of fused-ring (bicyclic) bond motifs is 1. The summed E-state index contributed by atoms with van der Waals surface area (Å²) < 4.78 is 33.9. The van der Waals surface area contributed by atoms with E-state index in [4.69, 9.17) is 4.74 Å². The molecular weight excluding hydrogens is 481 g/mol. The number of methoxy groups -OCH3 is 1. The molecule has 33 heavy (non-hydrogen) atoms. The van der Waals surface area contributed by atoms with Crippen LogP contribution in [0.5, 0.6) is 5.75 Å². The van der Waals surface area contributed by atoms with E-state index >= 15 is 0 Å². The van der Waals surface area contributed by atoms with Gasteiger partial charge in [0.05, 0.1) is 17.5 Å². The fraction of sp³-hybridized carbons (Fsp3) is 0.417. The molecule has 1 fully saturated rings. The summed E-state index contributed by atoms with van der Waals surface area (Å²) in [5.74, 6) is 1.08. The molecule has 0 amide bonds. The molecule has 0 saturated carbocycles. The van der Waals surface area contributed by atoms with Crippen molar-refractivity contribution < 1.29 is 13.2 Å². The number of piperazine rings is 1. The third-order valence-corrected chi connectivity index (χ3v) is 7.84. The lowest BCUT2D eigenvalue weighted by molar-refractivity contribution is 0.148. The summed E-state index contributed by atoms with van der Waals surface area (Å²) >= 11 is 0. The molecule has 2 heterocycles.